The molecule has 0 radical (unpaired) electrons. The topological polar surface area (TPSA) is 64.8 Å². The molecule has 2 fully saturated rings. The maximum atomic E-state index is 13.3. The number of nitrogens with zero attached hydrogens (tertiary/aromatic N) is 3. The SMILES string of the molecule is CSc1ccccc1CN1CCN(C(=O)[C@H](N)C2CCN(CCc3cc(Cl)ccc3C3=CCCNC3)CC2)CC1. The molecule has 2 aromatic carbocycles. The van der Waals surface area contributed by atoms with Crippen LogP contribution in [0.25, 0.3) is 5.57 Å². The van der Waals surface area contributed by atoms with Gasteiger partial charge in [-0.3, -0.25) is 9.69 Å². The first-order chi connectivity index (χ1) is 19.5. The third-order valence-corrected chi connectivity index (χ3v) is 9.91. The number of rotatable bonds is 9. The standard InChI is InChI=1S/C32H44ClN5OS/c1-40-30-7-3-2-5-27(30)23-37-17-19-38(20-18-37)32(39)31(34)24-10-14-36(15-11-24)16-12-25-21-28(33)8-9-29(25)26-6-4-13-35-22-26/h2-3,5-9,21,24,31,35H,4,10-20,22-23,34H2,1H3/t31-/m1/s1. The van der Waals surface area contributed by atoms with E-state index in [9.17, 15) is 4.79 Å². The van der Waals surface area contributed by atoms with E-state index in [1.165, 1.54) is 27.2 Å². The van der Waals surface area contributed by atoms with Crippen molar-refractivity contribution in [2.24, 2.45) is 11.7 Å². The molecule has 0 aliphatic carbocycles. The minimum Gasteiger partial charge on any atom is -0.339 e. The molecular weight excluding hydrogens is 538 g/mol. The van der Waals surface area contributed by atoms with Crippen molar-refractivity contribution < 1.29 is 4.79 Å². The van der Waals surface area contributed by atoms with Gasteiger partial charge in [-0.05, 0) is 98.0 Å². The van der Waals surface area contributed by atoms with Gasteiger partial charge in [-0.25, -0.2) is 0 Å². The maximum absolute atomic E-state index is 13.3. The fraction of sp³-hybridized carbons (Fsp3) is 0.531. The molecule has 0 aromatic heterocycles. The van der Waals surface area contributed by atoms with E-state index in [-0.39, 0.29) is 11.8 Å². The highest BCUT2D eigenvalue weighted by atomic mass is 35.5. The predicted octanol–water partition coefficient (Wildman–Crippen LogP) is 4.36. The predicted molar refractivity (Wildman–Crippen MR) is 168 cm³/mol. The van der Waals surface area contributed by atoms with E-state index >= 15 is 0 Å². The molecule has 8 heteroatoms. The Labute approximate surface area is 249 Å². The summed E-state index contributed by atoms with van der Waals surface area (Å²) in [7, 11) is 0. The van der Waals surface area contributed by atoms with Crippen LogP contribution in [0.15, 0.2) is 53.4 Å². The molecular formula is C32H44ClN5OS. The van der Waals surface area contributed by atoms with Crippen LogP contribution in [0.3, 0.4) is 0 Å². The second kappa shape index (κ2) is 14.3. The highest BCUT2D eigenvalue weighted by molar-refractivity contribution is 7.98. The van der Waals surface area contributed by atoms with E-state index in [1.54, 1.807) is 11.8 Å². The van der Waals surface area contributed by atoms with Crippen LogP contribution in [0, 0.1) is 5.92 Å². The fourth-order valence-electron chi connectivity index (χ4n) is 6.36. The summed E-state index contributed by atoms with van der Waals surface area (Å²) in [5.74, 6) is 0.399. The number of carbonyl (C=O) groups is 1. The van der Waals surface area contributed by atoms with Gasteiger partial charge in [0.25, 0.3) is 0 Å². The zero-order chi connectivity index (χ0) is 27.9. The molecule has 0 unspecified atom stereocenters. The molecule has 2 saturated heterocycles. The van der Waals surface area contributed by atoms with Crippen molar-refractivity contribution in [1.82, 2.24) is 20.0 Å². The molecule has 40 heavy (non-hydrogen) atoms. The fourth-order valence-corrected chi connectivity index (χ4v) is 7.16. The van der Waals surface area contributed by atoms with Gasteiger partial charge in [0, 0.05) is 55.7 Å². The Kier molecular flexibility index (Phi) is 10.6. The lowest BCUT2D eigenvalue weighted by atomic mass is 9.88. The highest BCUT2D eigenvalue weighted by Crippen LogP contribution is 2.27. The number of nitrogens with two attached hydrogens (primary N) is 1. The lowest BCUT2D eigenvalue weighted by Crippen LogP contribution is -2.55. The van der Waals surface area contributed by atoms with Gasteiger partial charge in [0.05, 0.1) is 6.04 Å². The number of likely N-dealkylation sites (tertiary alicyclic amines) is 1. The molecule has 6 nitrogen and oxygen atoms in total. The number of hydrogen-bond donors (Lipinski definition) is 2. The van der Waals surface area contributed by atoms with Crippen LogP contribution in [0.4, 0.5) is 0 Å². The zero-order valence-corrected chi connectivity index (χ0v) is 25.4. The van der Waals surface area contributed by atoms with Crippen LogP contribution >= 0.6 is 23.4 Å². The average molecular weight is 582 g/mol. The Morgan fingerprint density at radius 2 is 1.82 bits per heavy atom. The Morgan fingerprint density at radius 1 is 1.05 bits per heavy atom. The molecule has 3 aliphatic rings. The second-order valence-corrected chi connectivity index (χ2v) is 12.6. The number of hydrogen-bond acceptors (Lipinski definition) is 6. The molecule has 3 aliphatic heterocycles. The van der Waals surface area contributed by atoms with Gasteiger partial charge in [0.15, 0.2) is 0 Å². The van der Waals surface area contributed by atoms with Crippen molar-refractivity contribution in [2.75, 3.05) is 65.2 Å². The molecule has 0 bridgehead atoms. The monoisotopic (exact) mass is 581 g/mol. The lowest BCUT2D eigenvalue weighted by Gasteiger charge is -2.39. The molecule has 2 aromatic rings. The Balaban J connectivity index is 1.07. The summed E-state index contributed by atoms with van der Waals surface area (Å²) in [6.45, 7) is 9.24. The number of piperazine rings is 1. The Hall–Kier alpha value is -1.87. The first-order valence-corrected chi connectivity index (χ1v) is 16.4. The summed E-state index contributed by atoms with van der Waals surface area (Å²) < 4.78 is 0. The van der Waals surface area contributed by atoms with Crippen LogP contribution in [0.5, 0.6) is 0 Å². The number of halogens is 1. The van der Waals surface area contributed by atoms with Crippen LogP contribution < -0.4 is 11.1 Å². The summed E-state index contributed by atoms with van der Waals surface area (Å²) in [6, 6.07) is 14.5. The van der Waals surface area contributed by atoms with Gasteiger partial charge in [-0.1, -0.05) is 41.9 Å². The van der Waals surface area contributed by atoms with E-state index in [2.05, 4.69) is 63.8 Å². The summed E-state index contributed by atoms with van der Waals surface area (Å²) in [5.41, 5.74) is 12.0. The van der Waals surface area contributed by atoms with Crippen LogP contribution in [-0.2, 0) is 17.8 Å². The van der Waals surface area contributed by atoms with E-state index in [4.69, 9.17) is 17.3 Å². The van der Waals surface area contributed by atoms with Crippen LogP contribution in [0.2, 0.25) is 5.02 Å². The van der Waals surface area contributed by atoms with E-state index in [0.29, 0.717) is 0 Å². The number of thioether (sulfide) groups is 1. The van der Waals surface area contributed by atoms with E-state index < -0.39 is 6.04 Å². The van der Waals surface area contributed by atoms with E-state index in [1.807, 2.05) is 11.0 Å². The molecule has 5 rings (SSSR count). The van der Waals surface area contributed by atoms with Gasteiger partial charge in [0.1, 0.15) is 0 Å². The average Bonchev–Trinajstić information content (AvgIpc) is 3.01. The van der Waals surface area contributed by atoms with Gasteiger partial charge in [-0.2, -0.15) is 0 Å². The molecule has 216 valence electrons. The van der Waals surface area contributed by atoms with Gasteiger partial charge in [0.2, 0.25) is 5.91 Å². The number of nitrogens with one attached hydrogen (secondary N) is 1. The van der Waals surface area contributed by atoms with Crippen molar-refractivity contribution in [2.45, 2.75) is 43.2 Å². The number of benzene rings is 2. The quantitative estimate of drug-likeness (QED) is 0.429. The lowest BCUT2D eigenvalue weighted by molar-refractivity contribution is -0.136. The second-order valence-electron chi connectivity index (χ2n) is 11.4. The largest absolute Gasteiger partial charge is 0.339 e. The maximum Gasteiger partial charge on any atom is 0.239 e. The van der Waals surface area contributed by atoms with Crippen LogP contribution in [0.1, 0.15) is 36.0 Å². The molecule has 1 amide bonds. The first kappa shape index (κ1) is 29.6. The summed E-state index contributed by atoms with van der Waals surface area (Å²) in [4.78, 5) is 21.6. The van der Waals surface area contributed by atoms with Crippen molar-refractivity contribution >= 4 is 34.8 Å². The first-order valence-electron chi connectivity index (χ1n) is 14.8. The summed E-state index contributed by atoms with van der Waals surface area (Å²) in [5, 5.41) is 4.29. The number of carbonyl (C=O) groups excluding carboxylic acids is 1. The molecule has 0 spiro atoms. The zero-order valence-electron chi connectivity index (χ0n) is 23.8. The third-order valence-electron chi connectivity index (χ3n) is 8.83. The van der Waals surface area contributed by atoms with Crippen molar-refractivity contribution in [3.8, 4) is 0 Å². The summed E-state index contributed by atoms with van der Waals surface area (Å²) in [6.07, 6.45) is 8.51. The normalized spacial score (nSPS) is 20.4. The van der Waals surface area contributed by atoms with Gasteiger partial charge >= 0.3 is 0 Å². The molecule has 0 saturated carbocycles. The number of piperidine rings is 1. The Bertz CT molecular complexity index is 1170. The van der Waals surface area contributed by atoms with Crippen molar-refractivity contribution in [1.29, 1.82) is 0 Å². The minimum atomic E-state index is -0.392. The van der Waals surface area contributed by atoms with Gasteiger partial charge < -0.3 is 20.9 Å². The third kappa shape index (κ3) is 7.50. The molecule has 3 heterocycles. The molecule has 1 atom stereocenters. The smallest absolute Gasteiger partial charge is 0.239 e. The van der Waals surface area contributed by atoms with Crippen molar-refractivity contribution in [3.63, 3.8) is 0 Å². The molecule has 3 N–H and O–H groups in total. The van der Waals surface area contributed by atoms with Crippen LogP contribution in [-0.4, -0.2) is 91.8 Å². The van der Waals surface area contributed by atoms with Gasteiger partial charge in [-0.15, -0.1) is 11.8 Å². The number of amides is 1. The van der Waals surface area contributed by atoms with E-state index in [0.717, 1.165) is 96.2 Å². The summed E-state index contributed by atoms with van der Waals surface area (Å²) >= 11 is 8.18. The minimum absolute atomic E-state index is 0.139. The Morgan fingerprint density at radius 3 is 2.55 bits per heavy atom. The van der Waals surface area contributed by atoms with Crippen molar-refractivity contribution in [3.05, 3.63) is 70.3 Å². The highest BCUT2D eigenvalue weighted by Gasteiger charge is 2.32.